The minimum Gasteiger partial charge on any atom is -0.338 e. The Bertz CT molecular complexity index is 234. The lowest BCUT2D eigenvalue weighted by molar-refractivity contribution is -0.141. The predicted octanol–water partition coefficient (Wildman–Crippen LogP) is 1.39. The van der Waals surface area contributed by atoms with Crippen LogP contribution in [0, 0.1) is 5.92 Å². The second-order valence-corrected chi connectivity index (χ2v) is 5.01. The molecule has 1 N–H and O–H groups in total. The molecule has 3 nitrogen and oxygen atoms in total. The van der Waals surface area contributed by atoms with Gasteiger partial charge in [0.05, 0.1) is 6.04 Å². The number of hydrogen-bond acceptors (Lipinski definition) is 2. The fraction of sp³-hybridized carbons (Fsp3) is 0.917. The van der Waals surface area contributed by atoms with Crippen molar-refractivity contribution in [1.29, 1.82) is 0 Å². The molecule has 1 amide bonds. The molecule has 0 spiro atoms. The number of amides is 1. The third-order valence-electron chi connectivity index (χ3n) is 3.71. The normalized spacial score (nSPS) is 36.5. The fourth-order valence-electron chi connectivity index (χ4n) is 2.81. The van der Waals surface area contributed by atoms with Crippen molar-refractivity contribution in [2.45, 2.75) is 51.6 Å². The van der Waals surface area contributed by atoms with Crippen LogP contribution in [0.2, 0.25) is 0 Å². The van der Waals surface area contributed by atoms with E-state index in [0.29, 0.717) is 11.9 Å². The average molecular weight is 210 g/mol. The Balaban J connectivity index is 1.91. The predicted molar refractivity (Wildman–Crippen MR) is 60.6 cm³/mol. The summed E-state index contributed by atoms with van der Waals surface area (Å²) in [7, 11) is 0. The van der Waals surface area contributed by atoms with Gasteiger partial charge in [-0.2, -0.15) is 0 Å². The van der Waals surface area contributed by atoms with E-state index in [1.165, 1.54) is 12.8 Å². The van der Waals surface area contributed by atoms with Crippen LogP contribution in [0.4, 0.5) is 0 Å². The third-order valence-corrected chi connectivity index (χ3v) is 3.71. The van der Waals surface area contributed by atoms with Crippen LogP contribution in [0.1, 0.15) is 39.5 Å². The molecule has 0 aromatic rings. The molecule has 3 heteroatoms. The fourth-order valence-corrected chi connectivity index (χ4v) is 2.81. The van der Waals surface area contributed by atoms with E-state index >= 15 is 0 Å². The van der Waals surface area contributed by atoms with Gasteiger partial charge in [0.15, 0.2) is 0 Å². The summed E-state index contributed by atoms with van der Waals surface area (Å²) >= 11 is 0. The first-order chi connectivity index (χ1) is 7.22. The molecule has 2 rings (SSSR count). The summed E-state index contributed by atoms with van der Waals surface area (Å²) in [5.74, 6) is 1.17. The largest absolute Gasteiger partial charge is 0.338 e. The molecule has 2 aliphatic rings. The summed E-state index contributed by atoms with van der Waals surface area (Å²) in [5, 5.41) is 3.29. The van der Waals surface area contributed by atoms with Crippen molar-refractivity contribution in [1.82, 2.24) is 10.2 Å². The minimum absolute atomic E-state index is 0.0969. The van der Waals surface area contributed by atoms with E-state index in [1.54, 1.807) is 0 Å². The number of nitrogens with zero attached hydrogens (tertiary/aromatic N) is 1. The number of nitrogens with one attached hydrogen (secondary N) is 1. The lowest BCUT2D eigenvalue weighted by atomic mass is 9.80. The Morgan fingerprint density at radius 3 is 2.80 bits per heavy atom. The van der Waals surface area contributed by atoms with Crippen molar-refractivity contribution in [3.8, 4) is 0 Å². The summed E-state index contributed by atoms with van der Waals surface area (Å²) in [5.41, 5.74) is 0. The van der Waals surface area contributed by atoms with Gasteiger partial charge in [0.2, 0.25) is 5.91 Å². The van der Waals surface area contributed by atoms with Gasteiger partial charge in [-0.15, -0.1) is 0 Å². The lowest BCUT2D eigenvalue weighted by Crippen LogP contribution is -2.56. The molecular formula is C12H22N2O. The lowest BCUT2D eigenvalue weighted by Gasteiger charge is -2.45. The highest BCUT2D eigenvalue weighted by Gasteiger charge is 2.37. The molecule has 0 bridgehead atoms. The van der Waals surface area contributed by atoms with Gasteiger partial charge in [0.25, 0.3) is 0 Å². The second-order valence-electron chi connectivity index (χ2n) is 5.01. The summed E-state index contributed by atoms with van der Waals surface area (Å²) in [6.45, 7) is 6.22. The van der Waals surface area contributed by atoms with Gasteiger partial charge in [-0.25, -0.2) is 0 Å². The zero-order valence-electron chi connectivity index (χ0n) is 9.83. The molecule has 1 saturated heterocycles. The Kier molecular flexibility index (Phi) is 3.29. The van der Waals surface area contributed by atoms with E-state index in [2.05, 4.69) is 24.1 Å². The summed E-state index contributed by atoms with van der Waals surface area (Å²) < 4.78 is 0. The molecule has 0 aromatic heterocycles. The molecule has 1 atom stereocenters. The molecule has 15 heavy (non-hydrogen) atoms. The third kappa shape index (κ3) is 2.17. The highest BCUT2D eigenvalue weighted by atomic mass is 16.2. The monoisotopic (exact) mass is 210 g/mol. The molecular weight excluding hydrogens is 188 g/mol. The van der Waals surface area contributed by atoms with Crippen LogP contribution in [0.25, 0.3) is 0 Å². The number of carbonyl (C=O) groups is 1. The first-order valence-electron chi connectivity index (χ1n) is 6.26. The van der Waals surface area contributed by atoms with Gasteiger partial charge in [-0.1, -0.05) is 13.8 Å². The number of piperidine rings is 1. The van der Waals surface area contributed by atoms with Gasteiger partial charge in [0, 0.05) is 12.6 Å². The van der Waals surface area contributed by atoms with Crippen molar-refractivity contribution < 1.29 is 4.79 Å². The van der Waals surface area contributed by atoms with Gasteiger partial charge >= 0.3 is 0 Å². The van der Waals surface area contributed by atoms with Crippen LogP contribution in [0.15, 0.2) is 0 Å². The number of likely N-dealkylation sites (tertiary alicyclic amines) is 1. The molecule has 0 aromatic carbocycles. The van der Waals surface area contributed by atoms with Crippen molar-refractivity contribution in [3.63, 3.8) is 0 Å². The van der Waals surface area contributed by atoms with Crippen LogP contribution < -0.4 is 5.32 Å². The summed E-state index contributed by atoms with van der Waals surface area (Å²) in [6.07, 6.45) is 4.61. The molecule has 1 heterocycles. The molecule has 1 aliphatic carbocycles. The van der Waals surface area contributed by atoms with E-state index in [1.807, 2.05) is 0 Å². The first kappa shape index (κ1) is 10.9. The van der Waals surface area contributed by atoms with Crippen LogP contribution in [0.3, 0.4) is 0 Å². The van der Waals surface area contributed by atoms with E-state index in [4.69, 9.17) is 0 Å². The summed E-state index contributed by atoms with van der Waals surface area (Å²) in [6, 6.07) is 0.647. The topological polar surface area (TPSA) is 32.3 Å². The zero-order chi connectivity index (χ0) is 10.8. The van der Waals surface area contributed by atoms with Crippen molar-refractivity contribution >= 4 is 5.91 Å². The minimum atomic E-state index is 0.0969. The van der Waals surface area contributed by atoms with Crippen molar-refractivity contribution in [2.75, 3.05) is 13.1 Å². The number of hydrogen-bond donors (Lipinski definition) is 1. The zero-order valence-corrected chi connectivity index (χ0v) is 9.83. The van der Waals surface area contributed by atoms with Gasteiger partial charge in [0.1, 0.15) is 0 Å². The Morgan fingerprint density at radius 2 is 2.20 bits per heavy atom. The second kappa shape index (κ2) is 4.52. The standard InChI is InChI=1S/C12H22N2O/c1-3-13-11-5-4-6-14(12(11)15)10-7-9(2)8-10/h9-11,13H,3-8H2,1-2H3. The van der Waals surface area contributed by atoms with E-state index in [0.717, 1.165) is 31.8 Å². The quantitative estimate of drug-likeness (QED) is 0.763. The molecule has 0 radical (unpaired) electrons. The maximum Gasteiger partial charge on any atom is 0.239 e. The van der Waals surface area contributed by atoms with Crippen molar-refractivity contribution in [3.05, 3.63) is 0 Å². The van der Waals surface area contributed by atoms with Gasteiger partial charge in [-0.05, 0) is 38.1 Å². The van der Waals surface area contributed by atoms with Crippen LogP contribution >= 0.6 is 0 Å². The highest BCUT2D eigenvalue weighted by Crippen LogP contribution is 2.33. The summed E-state index contributed by atoms with van der Waals surface area (Å²) in [4.78, 5) is 14.2. The Labute approximate surface area is 92.2 Å². The van der Waals surface area contributed by atoms with Crippen molar-refractivity contribution in [2.24, 2.45) is 5.92 Å². The number of carbonyl (C=O) groups excluding carboxylic acids is 1. The van der Waals surface area contributed by atoms with E-state index < -0.39 is 0 Å². The van der Waals surface area contributed by atoms with Crippen LogP contribution in [0.5, 0.6) is 0 Å². The molecule has 1 saturated carbocycles. The highest BCUT2D eigenvalue weighted by molar-refractivity contribution is 5.83. The average Bonchev–Trinajstić information content (AvgIpc) is 2.17. The van der Waals surface area contributed by atoms with E-state index in [-0.39, 0.29) is 6.04 Å². The van der Waals surface area contributed by atoms with Crippen LogP contribution in [-0.2, 0) is 4.79 Å². The Morgan fingerprint density at radius 1 is 1.47 bits per heavy atom. The smallest absolute Gasteiger partial charge is 0.239 e. The Hall–Kier alpha value is -0.570. The van der Waals surface area contributed by atoms with E-state index in [9.17, 15) is 4.79 Å². The molecule has 1 aliphatic heterocycles. The SMILES string of the molecule is CCNC1CCCN(C2CC(C)C2)C1=O. The maximum atomic E-state index is 12.1. The molecule has 2 fully saturated rings. The molecule has 86 valence electrons. The number of likely N-dealkylation sites (N-methyl/N-ethyl adjacent to an activating group) is 1. The van der Waals surface area contributed by atoms with Gasteiger partial charge < -0.3 is 10.2 Å². The van der Waals surface area contributed by atoms with Gasteiger partial charge in [-0.3, -0.25) is 4.79 Å². The van der Waals surface area contributed by atoms with Crippen LogP contribution in [-0.4, -0.2) is 36.0 Å². The first-order valence-corrected chi connectivity index (χ1v) is 6.26. The maximum absolute atomic E-state index is 12.1. The molecule has 1 unspecified atom stereocenters. The number of rotatable bonds is 3.